The molecule has 0 amide bonds. The van der Waals surface area contributed by atoms with Gasteiger partial charge in [0.2, 0.25) is 12.6 Å². The Bertz CT molecular complexity index is 493. The average Bonchev–Trinajstić information content (AvgIpc) is 2.86. The van der Waals surface area contributed by atoms with Crippen molar-refractivity contribution in [3.05, 3.63) is 29.5 Å². The van der Waals surface area contributed by atoms with E-state index in [1.54, 1.807) is 25.1 Å². The van der Waals surface area contributed by atoms with Gasteiger partial charge in [0.15, 0.2) is 11.5 Å². The van der Waals surface area contributed by atoms with E-state index >= 15 is 0 Å². The molecule has 1 aromatic rings. The van der Waals surface area contributed by atoms with Crippen LogP contribution in [0.25, 0.3) is 6.08 Å². The van der Waals surface area contributed by atoms with Crippen LogP contribution in [0.15, 0.2) is 24.0 Å². The SMILES string of the molecule is CCOC(=O)/C(=C/c1ccc2c(c1)OCO2)OCC. The van der Waals surface area contributed by atoms with E-state index in [1.807, 2.05) is 13.0 Å². The van der Waals surface area contributed by atoms with Crippen LogP contribution in [0.1, 0.15) is 19.4 Å². The predicted molar refractivity (Wildman–Crippen MR) is 68.8 cm³/mol. The van der Waals surface area contributed by atoms with E-state index in [9.17, 15) is 4.79 Å². The first-order valence-corrected chi connectivity index (χ1v) is 6.15. The first kappa shape index (κ1) is 13.3. The molecule has 102 valence electrons. The van der Waals surface area contributed by atoms with Crippen molar-refractivity contribution >= 4 is 12.0 Å². The Morgan fingerprint density at radius 3 is 2.68 bits per heavy atom. The molecule has 0 saturated heterocycles. The molecule has 1 heterocycles. The van der Waals surface area contributed by atoms with E-state index in [0.717, 1.165) is 5.56 Å². The topological polar surface area (TPSA) is 54.0 Å². The van der Waals surface area contributed by atoms with Gasteiger partial charge in [0.05, 0.1) is 13.2 Å². The van der Waals surface area contributed by atoms with Gasteiger partial charge in [-0.1, -0.05) is 6.07 Å². The van der Waals surface area contributed by atoms with E-state index in [4.69, 9.17) is 18.9 Å². The molecule has 0 N–H and O–H groups in total. The zero-order chi connectivity index (χ0) is 13.7. The standard InChI is InChI=1S/C14H16O5/c1-3-16-13(14(15)17-4-2)8-10-5-6-11-12(7-10)19-9-18-11/h5-8H,3-4,9H2,1-2H3/b13-8-. The Kier molecular flexibility index (Phi) is 4.28. The summed E-state index contributed by atoms with van der Waals surface area (Å²) in [6, 6.07) is 5.41. The number of benzene rings is 1. The Balaban J connectivity index is 2.22. The molecule has 0 fully saturated rings. The van der Waals surface area contributed by atoms with Crippen LogP contribution in [0.3, 0.4) is 0 Å². The number of hydrogen-bond acceptors (Lipinski definition) is 5. The Hall–Kier alpha value is -2.17. The number of ether oxygens (including phenoxy) is 4. The number of hydrogen-bond donors (Lipinski definition) is 0. The molecular formula is C14H16O5. The fraction of sp³-hybridized carbons (Fsp3) is 0.357. The highest BCUT2D eigenvalue weighted by Crippen LogP contribution is 2.33. The summed E-state index contributed by atoms with van der Waals surface area (Å²) in [6.45, 7) is 4.49. The van der Waals surface area contributed by atoms with E-state index < -0.39 is 5.97 Å². The van der Waals surface area contributed by atoms with Crippen LogP contribution < -0.4 is 9.47 Å². The van der Waals surface area contributed by atoms with Crippen molar-refractivity contribution in [3.8, 4) is 11.5 Å². The largest absolute Gasteiger partial charge is 0.487 e. The lowest BCUT2D eigenvalue weighted by atomic mass is 10.2. The summed E-state index contributed by atoms with van der Waals surface area (Å²) in [4.78, 5) is 11.7. The molecule has 0 radical (unpaired) electrons. The van der Waals surface area contributed by atoms with Crippen molar-refractivity contribution in [2.75, 3.05) is 20.0 Å². The van der Waals surface area contributed by atoms with Crippen LogP contribution in [-0.4, -0.2) is 26.0 Å². The van der Waals surface area contributed by atoms with Gasteiger partial charge >= 0.3 is 5.97 Å². The Labute approximate surface area is 111 Å². The highest BCUT2D eigenvalue weighted by molar-refractivity contribution is 5.91. The Morgan fingerprint density at radius 2 is 1.95 bits per heavy atom. The third-order valence-corrected chi connectivity index (χ3v) is 2.47. The van der Waals surface area contributed by atoms with Gasteiger partial charge in [-0.3, -0.25) is 0 Å². The predicted octanol–water partition coefficient (Wildman–Crippen LogP) is 2.36. The minimum Gasteiger partial charge on any atom is -0.487 e. The maximum Gasteiger partial charge on any atom is 0.373 e. The lowest BCUT2D eigenvalue weighted by Gasteiger charge is -2.07. The highest BCUT2D eigenvalue weighted by atomic mass is 16.7. The molecular weight excluding hydrogens is 248 g/mol. The normalized spacial score (nSPS) is 13.3. The molecule has 19 heavy (non-hydrogen) atoms. The third kappa shape index (κ3) is 3.19. The van der Waals surface area contributed by atoms with Gasteiger partial charge in [-0.2, -0.15) is 0 Å². The highest BCUT2D eigenvalue weighted by Gasteiger charge is 2.15. The summed E-state index contributed by atoms with van der Waals surface area (Å²) in [6.07, 6.45) is 1.63. The summed E-state index contributed by atoms with van der Waals surface area (Å²) in [5, 5.41) is 0. The van der Waals surface area contributed by atoms with Gasteiger partial charge in [0.25, 0.3) is 0 Å². The van der Waals surface area contributed by atoms with Gasteiger partial charge in [0, 0.05) is 0 Å². The maximum absolute atomic E-state index is 11.7. The van der Waals surface area contributed by atoms with Crippen LogP contribution in [0.5, 0.6) is 11.5 Å². The van der Waals surface area contributed by atoms with Crippen LogP contribution in [0, 0.1) is 0 Å². The molecule has 1 aliphatic rings. The first-order chi connectivity index (χ1) is 9.24. The molecule has 1 aliphatic heterocycles. The van der Waals surface area contributed by atoms with Crippen molar-refractivity contribution in [2.45, 2.75) is 13.8 Å². The van der Waals surface area contributed by atoms with Crippen molar-refractivity contribution in [1.29, 1.82) is 0 Å². The van der Waals surface area contributed by atoms with Crippen molar-refractivity contribution < 1.29 is 23.7 Å². The molecule has 0 spiro atoms. The average molecular weight is 264 g/mol. The second-order valence-electron chi connectivity index (χ2n) is 3.77. The molecule has 0 aliphatic carbocycles. The van der Waals surface area contributed by atoms with Gasteiger partial charge < -0.3 is 18.9 Å². The van der Waals surface area contributed by atoms with Gasteiger partial charge in [0.1, 0.15) is 0 Å². The second kappa shape index (κ2) is 6.13. The van der Waals surface area contributed by atoms with E-state index in [2.05, 4.69) is 0 Å². The van der Waals surface area contributed by atoms with Gasteiger partial charge in [-0.05, 0) is 37.6 Å². The maximum atomic E-state index is 11.7. The molecule has 0 unspecified atom stereocenters. The Morgan fingerprint density at radius 1 is 1.21 bits per heavy atom. The summed E-state index contributed by atoms with van der Waals surface area (Å²) in [5.41, 5.74) is 0.792. The summed E-state index contributed by atoms with van der Waals surface area (Å²) < 4.78 is 20.7. The number of carbonyl (C=O) groups is 1. The van der Waals surface area contributed by atoms with Crippen molar-refractivity contribution in [1.82, 2.24) is 0 Å². The number of esters is 1. The summed E-state index contributed by atoms with van der Waals surface area (Å²) in [5.74, 6) is 1.07. The summed E-state index contributed by atoms with van der Waals surface area (Å²) >= 11 is 0. The quantitative estimate of drug-likeness (QED) is 0.464. The minimum atomic E-state index is -0.470. The van der Waals surface area contributed by atoms with Crippen LogP contribution in [0.4, 0.5) is 0 Å². The molecule has 5 nitrogen and oxygen atoms in total. The fourth-order valence-corrected chi connectivity index (χ4v) is 1.67. The first-order valence-electron chi connectivity index (χ1n) is 6.15. The number of carbonyl (C=O) groups excluding carboxylic acids is 1. The molecule has 2 rings (SSSR count). The zero-order valence-electron chi connectivity index (χ0n) is 11.0. The van der Waals surface area contributed by atoms with Crippen molar-refractivity contribution in [3.63, 3.8) is 0 Å². The van der Waals surface area contributed by atoms with Gasteiger partial charge in [-0.15, -0.1) is 0 Å². The molecule has 0 atom stereocenters. The van der Waals surface area contributed by atoms with Crippen LogP contribution in [-0.2, 0) is 14.3 Å². The minimum absolute atomic E-state index is 0.184. The molecule has 0 bridgehead atoms. The number of fused-ring (bicyclic) bond motifs is 1. The van der Waals surface area contributed by atoms with Crippen LogP contribution in [0.2, 0.25) is 0 Å². The third-order valence-electron chi connectivity index (χ3n) is 2.47. The number of rotatable bonds is 5. The summed E-state index contributed by atoms with van der Waals surface area (Å²) in [7, 11) is 0. The lowest BCUT2D eigenvalue weighted by Crippen LogP contribution is -2.10. The monoisotopic (exact) mass is 264 g/mol. The van der Waals surface area contributed by atoms with Gasteiger partial charge in [-0.25, -0.2) is 4.79 Å². The fourth-order valence-electron chi connectivity index (χ4n) is 1.67. The second-order valence-corrected chi connectivity index (χ2v) is 3.77. The smallest absolute Gasteiger partial charge is 0.373 e. The lowest BCUT2D eigenvalue weighted by molar-refractivity contribution is -0.142. The molecule has 0 saturated carbocycles. The molecule has 0 aromatic heterocycles. The van der Waals surface area contributed by atoms with Crippen LogP contribution >= 0.6 is 0 Å². The zero-order valence-corrected chi connectivity index (χ0v) is 11.0. The van der Waals surface area contributed by atoms with E-state index in [1.165, 1.54) is 0 Å². The molecule has 5 heteroatoms. The van der Waals surface area contributed by atoms with E-state index in [0.29, 0.717) is 24.7 Å². The van der Waals surface area contributed by atoms with E-state index in [-0.39, 0.29) is 12.6 Å². The molecule has 1 aromatic carbocycles. The van der Waals surface area contributed by atoms with Crippen molar-refractivity contribution in [2.24, 2.45) is 0 Å².